The van der Waals surface area contributed by atoms with Crippen molar-refractivity contribution in [2.24, 2.45) is 0 Å². The molecule has 0 aliphatic rings. The van der Waals surface area contributed by atoms with Crippen LogP contribution in [0.1, 0.15) is 13.3 Å². The average molecular weight is 256 g/mol. The molecule has 1 heterocycles. The second kappa shape index (κ2) is 7.50. The van der Waals surface area contributed by atoms with E-state index in [1.807, 2.05) is 0 Å². The summed E-state index contributed by atoms with van der Waals surface area (Å²) < 4.78 is 0. The number of nitrogens with one attached hydrogen (secondary N) is 1. The summed E-state index contributed by atoms with van der Waals surface area (Å²) in [5.41, 5.74) is 0. The van der Waals surface area contributed by atoms with E-state index in [9.17, 15) is 0 Å². The predicted octanol–water partition coefficient (Wildman–Crippen LogP) is 2.72. The fraction of sp³-hybridized carbons (Fsp3) is 0.455. The van der Waals surface area contributed by atoms with Crippen LogP contribution >= 0.6 is 23.4 Å². The van der Waals surface area contributed by atoms with Gasteiger partial charge in [0.1, 0.15) is 11.1 Å². The molecule has 1 unspecified atom stereocenters. The molecule has 0 aliphatic carbocycles. The van der Waals surface area contributed by atoms with E-state index in [2.05, 4.69) is 23.3 Å². The van der Waals surface area contributed by atoms with Crippen molar-refractivity contribution in [3.63, 3.8) is 0 Å². The van der Waals surface area contributed by atoms with Crippen molar-refractivity contribution in [1.82, 2.24) is 10.3 Å². The smallest absolute Gasteiger partial charge is 0.115 e. The quantitative estimate of drug-likeness (QED) is 0.794. The summed E-state index contributed by atoms with van der Waals surface area (Å²) in [5, 5.41) is 13.5. The summed E-state index contributed by atoms with van der Waals surface area (Å²) in [6.45, 7) is 2.93. The normalized spacial score (nSPS) is 12.1. The minimum atomic E-state index is -0.150. The number of rotatable bonds is 6. The molecular weight excluding hydrogens is 242 g/mol. The molecule has 0 spiro atoms. The largest absolute Gasteiger partial charge is 0.301 e. The van der Waals surface area contributed by atoms with Crippen LogP contribution in [0.25, 0.3) is 0 Å². The summed E-state index contributed by atoms with van der Waals surface area (Å²) in [7, 11) is 0. The van der Waals surface area contributed by atoms with E-state index in [0.29, 0.717) is 10.8 Å². The van der Waals surface area contributed by atoms with Gasteiger partial charge in [0.25, 0.3) is 0 Å². The van der Waals surface area contributed by atoms with Gasteiger partial charge in [-0.2, -0.15) is 5.26 Å². The third-order valence-electron chi connectivity index (χ3n) is 1.91. The molecule has 0 radical (unpaired) electrons. The zero-order valence-corrected chi connectivity index (χ0v) is 10.7. The van der Waals surface area contributed by atoms with Crippen LogP contribution in [0.5, 0.6) is 0 Å². The van der Waals surface area contributed by atoms with Crippen LogP contribution in [0.15, 0.2) is 23.4 Å². The van der Waals surface area contributed by atoms with Gasteiger partial charge < -0.3 is 5.32 Å². The van der Waals surface area contributed by atoms with E-state index in [1.165, 1.54) is 11.8 Å². The van der Waals surface area contributed by atoms with Gasteiger partial charge >= 0.3 is 0 Å². The van der Waals surface area contributed by atoms with E-state index in [1.54, 1.807) is 18.3 Å². The lowest BCUT2D eigenvalue weighted by molar-refractivity contribution is 0.637. The number of halogens is 1. The van der Waals surface area contributed by atoms with Crippen LogP contribution in [-0.4, -0.2) is 23.3 Å². The maximum absolute atomic E-state index is 8.92. The first-order chi connectivity index (χ1) is 7.77. The maximum atomic E-state index is 8.92. The van der Waals surface area contributed by atoms with Gasteiger partial charge in [-0.3, -0.25) is 0 Å². The Morgan fingerprint density at radius 3 is 3.12 bits per heavy atom. The van der Waals surface area contributed by atoms with Gasteiger partial charge in [0.05, 0.1) is 11.1 Å². The topological polar surface area (TPSA) is 48.7 Å². The van der Waals surface area contributed by atoms with Crippen LogP contribution in [-0.2, 0) is 0 Å². The van der Waals surface area contributed by atoms with Crippen LogP contribution in [0.2, 0.25) is 5.02 Å². The molecular formula is C11H14ClN3S. The van der Waals surface area contributed by atoms with Gasteiger partial charge in [0.2, 0.25) is 0 Å². The molecule has 5 heteroatoms. The number of hydrogen-bond acceptors (Lipinski definition) is 4. The predicted molar refractivity (Wildman–Crippen MR) is 67.7 cm³/mol. The lowest BCUT2D eigenvalue weighted by Gasteiger charge is -2.10. The van der Waals surface area contributed by atoms with E-state index in [4.69, 9.17) is 16.9 Å². The molecule has 0 bridgehead atoms. The first-order valence-electron chi connectivity index (χ1n) is 5.14. The van der Waals surface area contributed by atoms with Gasteiger partial charge in [-0.05, 0) is 25.1 Å². The molecule has 1 N–H and O–H groups in total. The zero-order valence-electron chi connectivity index (χ0n) is 9.11. The Bertz CT molecular complexity index is 364. The Hall–Kier alpha value is -0.760. The maximum Gasteiger partial charge on any atom is 0.115 e. The van der Waals surface area contributed by atoms with E-state index >= 15 is 0 Å². The minimum Gasteiger partial charge on any atom is -0.301 e. The van der Waals surface area contributed by atoms with Crippen molar-refractivity contribution in [1.29, 1.82) is 5.26 Å². The Labute approximate surface area is 105 Å². The third kappa shape index (κ3) is 4.40. The van der Waals surface area contributed by atoms with Gasteiger partial charge in [-0.25, -0.2) is 4.98 Å². The lowest BCUT2D eigenvalue weighted by atomic mass is 10.3. The molecule has 3 nitrogen and oxygen atoms in total. The van der Waals surface area contributed by atoms with Crippen molar-refractivity contribution >= 4 is 23.4 Å². The number of nitrogens with zero attached hydrogens (tertiary/aromatic N) is 2. The number of hydrogen-bond donors (Lipinski definition) is 1. The molecule has 0 aliphatic heterocycles. The molecule has 0 amide bonds. The van der Waals surface area contributed by atoms with Crippen LogP contribution < -0.4 is 5.32 Å². The number of thioether (sulfide) groups is 1. The SMILES string of the molecule is CCCNC(C#N)CSc1ncccc1Cl. The molecule has 0 fully saturated rings. The molecule has 1 aromatic rings. The highest BCUT2D eigenvalue weighted by atomic mass is 35.5. The van der Waals surface area contributed by atoms with E-state index < -0.39 is 0 Å². The Kier molecular flexibility index (Phi) is 6.24. The summed E-state index contributed by atoms with van der Waals surface area (Å²) >= 11 is 7.47. The zero-order chi connectivity index (χ0) is 11.8. The molecule has 0 aromatic carbocycles. The Balaban J connectivity index is 2.44. The highest BCUT2D eigenvalue weighted by Crippen LogP contribution is 2.24. The Morgan fingerprint density at radius 2 is 2.50 bits per heavy atom. The molecule has 86 valence electrons. The lowest BCUT2D eigenvalue weighted by Crippen LogP contribution is -2.30. The minimum absolute atomic E-state index is 0.150. The molecule has 1 aromatic heterocycles. The molecule has 0 saturated carbocycles. The molecule has 16 heavy (non-hydrogen) atoms. The van der Waals surface area contributed by atoms with Crippen molar-refractivity contribution in [3.8, 4) is 6.07 Å². The summed E-state index contributed by atoms with van der Waals surface area (Å²) in [5.74, 6) is 0.660. The number of nitriles is 1. The van der Waals surface area contributed by atoms with Gasteiger partial charge in [0.15, 0.2) is 0 Å². The molecule has 0 saturated heterocycles. The van der Waals surface area contributed by atoms with Gasteiger partial charge in [-0.15, -0.1) is 11.8 Å². The van der Waals surface area contributed by atoms with Crippen molar-refractivity contribution in [2.75, 3.05) is 12.3 Å². The first-order valence-corrected chi connectivity index (χ1v) is 6.50. The number of aromatic nitrogens is 1. The monoisotopic (exact) mass is 255 g/mol. The summed E-state index contributed by atoms with van der Waals surface area (Å²) in [6.07, 6.45) is 2.72. The van der Waals surface area contributed by atoms with Crippen molar-refractivity contribution in [3.05, 3.63) is 23.4 Å². The van der Waals surface area contributed by atoms with Gasteiger partial charge in [0, 0.05) is 11.9 Å². The fourth-order valence-corrected chi connectivity index (χ4v) is 2.24. The van der Waals surface area contributed by atoms with Crippen LogP contribution in [0.4, 0.5) is 0 Å². The van der Waals surface area contributed by atoms with E-state index in [0.717, 1.165) is 18.0 Å². The highest BCUT2D eigenvalue weighted by Gasteiger charge is 2.08. The fourth-order valence-electron chi connectivity index (χ4n) is 1.10. The number of pyridine rings is 1. The van der Waals surface area contributed by atoms with E-state index in [-0.39, 0.29) is 6.04 Å². The second-order valence-electron chi connectivity index (χ2n) is 3.24. The van der Waals surface area contributed by atoms with Crippen LogP contribution in [0, 0.1) is 11.3 Å². The summed E-state index contributed by atoms with van der Waals surface area (Å²) in [4.78, 5) is 4.16. The first kappa shape index (κ1) is 13.3. The molecule has 1 rings (SSSR count). The standard InChI is InChI=1S/C11H14ClN3S/c1-2-5-14-9(7-13)8-16-11-10(12)4-3-6-15-11/h3-4,6,9,14H,2,5,8H2,1H3. The van der Waals surface area contributed by atoms with Crippen molar-refractivity contribution < 1.29 is 0 Å². The molecule has 1 atom stereocenters. The van der Waals surface area contributed by atoms with Gasteiger partial charge in [-0.1, -0.05) is 18.5 Å². The third-order valence-corrected chi connectivity index (χ3v) is 3.42. The summed E-state index contributed by atoms with van der Waals surface area (Å²) in [6, 6.07) is 5.67. The Morgan fingerprint density at radius 1 is 1.69 bits per heavy atom. The van der Waals surface area contributed by atoms with Crippen LogP contribution in [0.3, 0.4) is 0 Å². The second-order valence-corrected chi connectivity index (χ2v) is 4.65. The average Bonchev–Trinajstić information content (AvgIpc) is 2.31. The highest BCUT2D eigenvalue weighted by molar-refractivity contribution is 7.99. The van der Waals surface area contributed by atoms with Crippen molar-refractivity contribution in [2.45, 2.75) is 24.4 Å².